The van der Waals surface area contributed by atoms with Crippen molar-refractivity contribution in [1.82, 2.24) is 24.6 Å². The lowest BCUT2D eigenvalue weighted by Gasteiger charge is -2.07. The number of carbonyl (C=O) groups is 1. The Morgan fingerprint density at radius 1 is 1.00 bits per heavy atom. The lowest BCUT2D eigenvalue weighted by Crippen LogP contribution is -2.27. The second kappa shape index (κ2) is 7.87. The summed E-state index contributed by atoms with van der Waals surface area (Å²) in [6, 6.07) is 18.8. The molecule has 4 rings (SSSR count). The van der Waals surface area contributed by atoms with E-state index in [2.05, 4.69) is 15.4 Å². The predicted octanol–water partition coefficient (Wildman–Crippen LogP) is 2.07. The molecule has 0 unspecified atom stereocenters. The molecule has 0 bridgehead atoms. The van der Waals surface area contributed by atoms with Crippen LogP contribution in [0.15, 0.2) is 78.0 Å². The van der Waals surface area contributed by atoms with E-state index in [9.17, 15) is 9.59 Å². The zero-order valence-electron chi connectivity index (χ0n) is 15.2. The number of rotatable bonds is 6. The number of fused-ring (bicyclic) bond motifs is 1. The Morgan fingerprint density at radius 2 is 1.71 bits per heavy atom. The summed E-state index contributed by atoms with van der Waals surface area (Å²) in [6.07, 6.45) is 3.07. The third kappa shape index (κ3) is 3.68. The monoisotopic (exact) mass is 373 g/mol. The Hall–Kier alpha value is -3.74. The smallest absolute Gasteiger partial charge is 0.264 e. The van der Waals surface area contributed by atoms with Gasteiger partial charge < -0.3 is 5.32 Å². The fourth-order valence-corrected chi connectivity index (χ4v) is 3.02. The number of nitrogens with one attached hydrogen (secondary N) is 1. The van der Waals surface area contributed by atoms with Gasteiger partial charge >= 0.3 is 0 Å². The second-order valence-electron chi connectivity index (χ2n) is 6.39. The minimum absolute atomic E-state index is 0.131. The van der Waals surface area contributed by atoms with Crippen molar-refractivity contribution in [3.8, 4) is 0 Å². The molecule has 0 saturated heterocycles. The molecule has 28 heavy (non-hydrogen) atoms. The van der Waals surface area contributed by atoms with E-state index in [0.717, 1.165) is 5.56 Å². The first-order valence-electron chi connectivity index (χ1n) is 9.00. The van der Waals surface area contributed by atoms with Crippen molar-refractivity contribution >= 4 is 16.9 Å². The highest BCUT2D eigenvalue weighted by Gasteiger charge is 2.11. The molecule has 2 aromatic carbocycles. The summed E-state index contributed by atoms with van der Waals surface area (Å²) in [5.41, 5.74) is 2.02. The standard InChI is InChI=1S/C21H19N5O2/c27-20(17-9-5-2-6-10-17)22-11-12-26-19-18(13-24-26)21(28)25(15-23-19)14-16-7-3-1-4-8-16/h1-10,13,15H,11-12,14H2,(H,22,27). The van der Waals surface area contributed by atoms with E-state index in [-0.39, 0.29) is 11.5 Å². The maximum atomic E-state index is 12.7. The first-order valence-corrected chi connectivity index (χ1v) is 9.00. The molecule has 0 spiro atoms. The fourth-order valence-electron chi connectivity index (χ4n) is 3.02. The quantitative estimate of drug-likeness (QED) is 0.561. The van der Waals surface area contributed by atoms with Crippen LogP contribution >= 0.6 is 0 Å². The SMILES string of the molecule is O=C(NCCn1ncc2c(=O)n(Cc3ccccc3)cnc21)c1ccccc1. The highest BCUT2D eigenvalue weighted by atomic mass is 16.1. The number of hydrogen-bond acceptors (Lipinski definition) is 4. The molecule has 0 saturated carbocycles. The van der Waals surface area contributed by atoms with Crippen LogP contribution in [0.25, 0.3) is 11.0 Å². The average Bonchev–Trinajstić information content (AvgIpc) is 3.15. The van der Waals surface area contributed by atoms with E-state index in [0.29, 0.717) is 36.2 Å². The molecule has 7 nitrogen and oxygen atoms in total. The molecule has 0 atom stereocenters. The Labute approximate surface area is 161 Å². The van der Waals surface area contributed by atoms with E-state index < -0.39 is 0 Å². The van der Waals surface area contributed by atoms with Crippen LogP contribution in [0.4, 0.5) is 0 Å². The molecule has 7 heteroatoms. The van der Waals surface area contributed by atoms with Crippen LogP contribution in [0.1, 0.15) is 15.9 Å². The number of hydrogen-bond donors (Lipinski definition) is 1. The Balaban J connectivity index is 1.46. The van der Waals surface area contributed by atoms with Crippen molar-refractivity contribution in [3.63, 3.8) is 0 Å². The summed E-state index contributed by atoms with van der Waals surface area (Å²) < 4.78 is 3.20. The van der Waals surface area contributed by atoms with E-state index in [1.807, 2.05) is 48.5 Å². The zero-order chi connectivity index (χ0) is 19.3. The van der Waals surface area contributed by atoms with Crippen molar-refractivity contribution in [1.29, 1.82) is 0 Å². The summed E-state index contributed by atoms with van der Waals surface area (Å²) in [6.45, 7) is 1.28. The Morgan fingerprint density at radius 3 is 2.46 bits per heavy atom. The minimum Gasteiger partial charge on any atom is -0.350 e. The van der Waals surface area contributed by atoms with Crippen molar-refractivity contribution in [2.24, 2.45) is 0 Å². The topological polar surface area (TPSA) is 81.8 Å². The highest BCUT2D eigenvalue weighted by molar-refractivity contribution is 5.94. The van der Waals surface area contributed by atoms with Gasteiger partial charge in [0.1, 0.15) is 11.7 Å². The fraction of sp³-hybridized carbons (Fsp3) is 0.143. The summed E-state index contributed by atoms with van der Waals surface area (Å²) in [4.78, 5) is 29.2. The van der Waals surface area contributed by atoms with Crippen molar-refractivity contribution in [3.05, 3.63) is 94.7 Å². The summed E-state index contributed by atoms with van der Waals surface area (Å²) in [5, 5.41) is 7.58. The molecule has 1 amide bonds. The molecule has 0 aliphatic rings. The Bertz CT molecular complexity index is 1150. The lowest BCUT2D eigenvalue weighted by molar-refractivity contribution is 0.0952. The molecule has 0 aliphatic carbocycles. The number of benzene rings is 2. The van der Waals surface area contributed by atoms with E-state index in [1.165, 1.54) is 6.20 Å². The maximum Gasteiger partial charge on any atom is 0.264 e. The normalized spacial score (nSPS) is 10.9. The number of amides is 1. The van der Waals surface area contributed by atoms with Gasteiger partial charge in [0.25, 0.3) is 11.5 Å². The maximum absolute atomic E-state index is 12.7. The van der Waals surface area contributed by atoms with Crippen LogP contribution in [0, 0.1) is 0 Å². The minimum atomic E-state index is -0.143. The number of aromatic nitrogens is 4. The first-order chi connectivity index (χ1) is 13.7. The van der Waals surface area contributed by atoms with Gasteiger partial charge in [0, 0.05) is 12.1 Å². The third-order valence-corrected chi connectivity index (χ3v) is 4.46. The summed E-state index contributed by atoms with van der Waals surface area (Å²) >= 11 is 0. The Kier molecular flexibility index (Phi) is 4.97. The van der Waals surface area contributed by atoms with Gasteiger partial charge in [-0.1, -0.05) is 48.5 Å². The van der Waals surface area contributed by atoms with Crippen molar-refractivity contribution < 1.29 is 4.79 Å². The van der Waals surface area contributed by atoms with Gasteiger partial charge in [0.05, 0.1) is 19.3 Å². The van der Waals surface area contributed by atoms with Crippen LogP contribution in [0.5, 0.6) is 0 Å². The van der Waals surface area contributed by atoms with Crippen LogP contribution in [0.3, 0.4) is 0 Å². The summed E-state index contributed by atoms with van der Waals surface area (Å²) in [7, 11) is 0. The molecule has 1 N–H and O–H groups in total. The van der Waals surface area contributed by atoms with Gasteiger partial charge in [-0.15, -0.1) is 0 Å². The number of carbonyl (C=O) groups excluding carboxylic acids is 1. The molecule has 2 aromatic heterocycles. The molecule has 4 aromatic rings. The largest absolute Gasteiger partial charge is 0.350 e. The van der Waals surface area contributed by atoms with Gasteiger partial charge in [-0.05, 0) is 17.7 Å². The van der Waals surface area contributed by atoms with Crippen LogP contribution in [-0.4, -0.2) is 31.8 Å². The molecule has 0 radical (unpaired) electrons. The molecule has 140 valence electrons. The van der Waals surface area contributed by atoms with Gasteiger partial charge in [-0.25, -0.2) is 9.67 Å². The molecule has 2 heterocycles. The molecule has 0 fully saturated rings. The van der Waals surface area contributed by atoms with Gasteiger partial charge in [0.15, 0.2) is 5.65 Å². The first kappa shape index (κ1) is 17.7. The van der Waals surface area contributed by atoms with E-state index >= 15 is 0 Å². The van der Waals surface area contributed by atoms with Crippen LogP contribution in [-0.2, 0) is 13.1 Å². The van der Waals surface area contributed by atoms with Crippen molar-refractivity contribution in [2.75, 3.05) is 6.54 Å². The predicted molar refractivity (Wildman–Crippen MR) is 106 cm³/mol. The highest BCUT2D eigenvalue weighted by Crippen LogP contribution is 2.07. The lowest BCUT2D eigenvalue weighted by atomic mass is 10.2. The van der Waals surface area contributed by atoms with E-state index in [1.54, 1.807) is 27.7 Å². The van der Waals surface area contributed by atoms with E-state index in [4.69, 9.17) is 0 Å². The zero-order valence-corrected chi connectivity index (χ0v) is 15.2. The average molecular weight is 373 g/mol. The second-order valence-corrected chi connectivity index (χ2v) is 6.39. The molecular formula is C21H19N5O2. The third-order valence-electron chi connectivity index (χ3n) is 4.46. The van der Waals surface area contributed by atoms with Gasteiger partial charge in [-0.3, -0.25) is 14.2 Å². The van der Waals surface area contributed by atoms with Gasteiger partial charge in [-0.2, -0.15) is 5.10 Å². The van der Waals surface area contributed by atoms with Crippen molar-refractivity contribution in [2.45, 2.75) is 13.1 Å². The van der Waals surface area contributed by atoms with Crippen LogP contribution < -0.4 is 10.9 Å². The van der Waals surface area contributed by atoms with Gasteiger partial charge in [0.2, 0.25) is 0 Å². The molecule has 0 aliphatic heterocycles. The summed E-state index contributed by atoms with van der Waals surface area (Å²) in [5.74, 6) is -0.143. The van der Waals surface area contributed by atoms with Crippen LogP contribution in [0.2, 0.25) is 0 Å². The molecular weight excluding hydrogens is 354 g/mol. The number of nitrogens with zero attached hydrogens (tertiary/aromatic N) is 4.